The Bertz CT molecular complexity index is 378. The Morgan fingerprint density at radius 1 is 1.17 bits per heavy atom. The third-order valence-corrected chi connectivity index (χ3v) is 5.42. The molecule has 2 fully saturated rings. The number of nitrogens with zero attached hydrogens (tertiary/aromatic N) is 1. The molecule has 2 heterocycles. The number of carbonyl (C=O) groups excluding carboxylic acids is 1. The maximum Gasteiger partial charge on any atom is 0.317 e. The zero-order chi connectivity index (χ0) is 16.9. The van der Waals surface area contributed by atoms with Gasteiger partial charge in [0.2, 0.25) is 0 Å². The zero-order valence-corrected chi connectivity index (χ0v) is 15.6. The summed E-state index contributed by atoms with van der Waals surface area (Å²) in [7, 11) is 0. The Hall–Kier alpha value is -0.770. The van der Waals surface area contributed by atoms with Crippen molar-refractivity contribution < 1.29 is 9.53 Å². The number of rotatable bonds is 3. The van der Waals surface area contributed by atoms with Gasteiger partial charge in [0.1, 0.15) is 0 Å². The molecule has 1 N–H and O–H groups in total. The minimum atomic E-state index is 0.129. The van der Waals surface area contributed by atoms with Crippen LogP contribution in [-0.4, -0.2) is 42.8 Å². The summed E-state index contributed by atoms with van der Waals surface area (Å²) in [5.41, 5.74) is 0.129. The highest BCUT2D eigenvalue weighted by Gasteiger charge is 2.36. The van der Waals surface area contributed by atoms with Crippen molar-refractivity contribution in [3.05, 3.63) is 0 Å². The van der Waals surface area contributed by atoms with Gasteiger partial charge in [-0.2, -0.15) is 0 Å². The number of likely N-dealkylation sites (tertiary alicyclic amines) is 1. The van der Waals surface area contributed by atoms with Crippen LogP contribution >= 0.6 is 0 Å². The average molecular weight is 325 g/mol. The molecule has 23 heavy (non-hydrogen) atoms. The number of amides is 2. The Labute approximate surface area is 142 Å². The van der Waals surface area contributed by atoms with Gasteiger partial charge < -0.3 is 15.0 Å². The van der Waals surface area contributed by atoms with Crippen molar-refractivity contribution in [2.24, 2.45) is 11.3 Å². The lowest BCUT2D eigenvalue weighted by Gasteiger charge is -2.40. The summed E-state index contributed by atoms with van der Waals surface area (Å²) >= 11 is 0. The highest BCUT2D eigenvalue weighted by Crippen LogP contribution is 2.33. The fourth-order valence-corrected chi connectivity index (χ4v) is 4.20. The van der Waals surface area contributed by atoms with Gasteiger partial charge in [0, 0.05) is 31.7 Å². The van der Waals surface area contributed by atoms with E-state index in [1.54, 1.807) is 0 Å². The van der Waals surface area contributed by atoms with E-state index in [-0.39, 0.29) is 17.6 Å². The average Bonchev–Trinajstić information content (AvgIpc) is 2.77. The molecule has 2 amide bonds. The number of urea groups is 1. The molecule has 2 aliphatic rings. The molecule has 0 bridgehead atoms. The van der Waals surface area contributed by atoms with Gasteiger partial charge in [-0.05, 0) is 37.5 Å². The van der Waals surface area contributed by atoms with E-state index in [9.17, 15) is 4.79 Å². The lowest BCUT2D eigenvalue weighted by molar-refractivity contribution is -0.0839. The lowest BCUT2D eigenvalue weighted by atomic mass is 9.78. The molecular formula is C19H36N2O2. The van der Waals surface area contributed by atoms with Crippen LogP contribution in [0.2, 0.25) is 0 Å². The first kappa shape index (κ1) is 18.6. The predicted octanol–water partition coefficient (Wildman–Crippen LogP) is 4.19. The molecule has 2 saturated heterocycles. The van der Waals surface area contributed by atoms with Gasteiger partial charge in [0.25, 0.3) is 0 Å². The highest BCUT2D eigenvalue weighted by atomic mass is 16.5. The Kier molecular flexibility index (Phi) is 6.75. The quantitative estimate of drug-likeness (QED) is 0.845. The topological polar surface area (TPSA) is 41.6 Å². The first-order chi connectivity index (χ1) is 10.9. The molecule has 0 aromatic carbocycles. The molecule has 4 heteroatoms. The van der Waals surface area contributed by atoms with E-state index in [1.807, 2.05) is 0 Å². The first-order valence-electron chi connectivity index (χ1n) is 9.59. The van der Waals surface area contributed by atoms with E-state index in [0.29, 0.717) is 12.0 Å². The summed E-state index contributed by atoms with van der Waals surface area (Å²) in [5.74, 6) is 0.430. The molecule has 0 spiro atoms. The van der Waals surface area contributed by atoms with Gasteiger partial charge >= 0.3 is 6.03 Å². The van der Waals surface area contributed by atoms with Crippen LogP contribution in [0.15, 0.2) is 0 Å². The van der Waals surface area contributed by atoms with Crippen LogP contribution in [-0.2, 0) is 4.74 Å². The van der Waals surface area contributed by atoms with Gasteiger partial charge in [0.05, 0.1) is 6.10 Å². The number of nitrogens with one attached hydrogen (secondary N) is 1. The molecule has 2 aliphatic heterocycles. The maximum atomic E-state index is 12.7. The van der Waals surface area contributed by atoms with Gasteiger partial charge in [-0.15, -0.1) is 0 Å². The van der Waals surface area contributed by atoms with Crippen LogP contribution in [0.1, 0.15) is 72.6 Å². The van der Waals surface area contributed by atoms with E-state index < -0.39 is 0 Å². The summed E-state index contributed by atoms with van der Waals surface area (Å²) in [6.45, 7) is 11.4. The monoisotopic (exact) mass is 324 g/mol. The highest BCUT2D eigenvalue weighted by molar-refractivity contribution is 5.74. The van der Waals surface area contributed by atoms with Crippen molar-refractivity contribution in [1.29, 1.82) is 0 Å². The van der Waals surface area contributed by atoms with E-state index in [0.717, 1.165) is 51.8 Å². The zero-order valence-electron chi connectivity index (χ0n) is 15.6. The fraction of sp³-hybridized carbons (Fsp3) is 0.947. The standard InChI is InChI=1S/C19H36N2O2/c1-5-16-11-7-6-8-12-21(16)18(22)20-14-15-10-9-13-23-17(15)19(2,3)4/h15-17H,5-14H2,1-4H3,(H,20,22)/t15-,16+,17+/m0/s1. The summed E-state index contributed by atoms with van der Waals surface area (Å²) in [6.07, 6.45) is 8.36. The van der Waals surface area contributed by atoms with E-state index in [4.69, 9.17) is 4.74 Å². The van der Waals surface area contributed by atoms with Crippen LogP contribution in [0.3, 0.4) is 0 Å². The summed E-state index contributed by atoms with van der Waals surface area (Å²) < 4.78 is 6.03. The van der Waals surface area contributed by atoms with Crippen molar-refractivity contribution >= 4 is 6.03 Å². The van der Waals surface area contributed by atoms with Crippen LogP contribution in [0.5, 0.6) is 0 Å². The third kappa shape index (κ3) is 5.10. The smallest absolute Gasteiger partial charge is 0.317 e. The molecule has 0 saturated carbocycles. The van der Waals surface area contributed by atoms with Crippen LogP contribution < -0.4 is 5.32 Å². The largest absolute Gasteiger partial charge is 0.377 e. The molecule has 4 nitrogen and oxygen atoms in total. The normalized spacial score (nSPS) is 29.9. The fourth-order valence-electron chi connectivity index (χ4n) is 4.20. The van der Waals surface area contributed by atoms with Gasteiger partial charge in [-0.25, -0.2) is 4.79 Å². The predicted molar refractivity (Wildman–Crippen MR) is 94.6 cm³/mol. The van der Waals surface area contributed by atoms with E-state index in [1.165, 1.54) is 12.8 Å². The minimum absolute atomic E-state index is 0.129. The lowest BCUT2D eigenvalue weighted by Crippen LogP contribution is -2.50. The number of hydrogen-bond acceptors (Lipinski definition) is 2. The molecule has 3 atom stereocenters. The first-order valence-corrected chi connectivity index (χ1v) is 9.59. The summed E-state index contributed by atoms with van der Waals surface area (Å²) in [4.78, 5) is 14.8. The van der Waals surface area contributed by atoms with Crippen molar-refractivity contribution in [3.63, 3.8) is 0 Å². The second kappa shape index (κ2) is 8.36. The number of ether oxygens (including phenoxy) is 1. The molecule has 0 aliphatic carbocycles. The van der Waals surface area contributed by atoms with Crippen molar-refractivity contribution in [3.8, 4) is 0 Å². The van der Waals surface area contributed by atoms with Crippen LogP contribution in [0.25, 0.3) is 0 Å². The third-order valence-electron chi connectivity index (χ3n) is 5.42. The van der Waals surface area contributed by atoms with E-state index >= 15 is 0 Å². The maximum absolute atomic E-state index is 12.7. The molecule has 0 aromatic heterocycles. The van der Waals surface area contributed by atoms with Gasteiger partial charge in [0.15, 0.2) is 0 Å². The molecule has 0 aromatic rings. The molecule has 0 unspecified atom stereocenters. The second-order valence-corrected chi connectivity index (χ2v) is 8.35. The SMILES string of the molecule is CC[C@@H]1CCCCCN1C(=O)NC[C@@H]1CCCO[C@H]1C(C)(C)C. The number of hydrogen-bond donors (Lipinski definition) is 1. The van der Waals surface area contributed by atoms with Crippen molar-refractivity contribution in [2.45, 2.75) is 84.8 Å². The molecule has 0 radical (unpaired) electrons. The van der Waals surface area contributed by atoms with Crippen molar-refractivity contribution in [1.82, 2.24) is 10.2 Å². The van der Waals surface area contributed by atoms with E-state index in [2.05, 4.69) is 37.9 Å². The van der Waals surface area contributed by atoms with Gasteiger partial charge in [-0.3, -0.25) is 0 Å². The Morgan fingerprint density at radius 2 is 1.96 bits per heavy atom. The summed E-state index contributed by atoms with van der Waals surface area (Å²) in [6, 6.07) is 0.551. The Balaban J connectivity index is 1.91. The minimum Gasteiger partial charge on any atom is -0.377 e. The Morgan fingerprint density at radius 3 is 2.65 bits per heavy atom. The van der Waals surface area contributed by atoms with Crippen LogP contribution in [0, 0.1) is 11.3 Å². The molecular weight excluding hydrogens is 288 g/mol. The second-order valence-electron chi connectivity index (χ2n) is 8.35. The molecule has 2 rings (SSSR count). The van der Waals surface area contributed by atoms with Crippen molar-refractivity contribution in [2.75, 3.05) is 19.7 Å². The molecule has 134 valence electrons. The van der Waals surface area contributed by atoms with Crippen LogP contribution in [0.4, 0.5) is 4.79 Å². The van der Waals surface area contributed by atoms with Gasteiger partial charge in [-0.1, -0.05) is 40.5 Å². The summed E-state index contributed by atoms with van der Waals surface area (Å²) in [5, 5.41) is 3.22. The number of carbonyl (C=O) groups is 1.